The second-order valence-electron chi connectivity index (χ2n) is 9.09. The Hall–Kier alpha value is -3.03. The Balaban J connectivity index is 1.56. The molecule has 3 aromatic rings. The van der Waals surface area contributed by atoms with E-state index in [4.69, 9.17) is 4.74 Å². The number of ether oxygens (including phenoxy) is 1. The molecule has 4 rings (SSSR count). The summed E-state index contributed by atoms with van der Waals surface area (Å²) in [6, 6.07) is 15.6. The smallest absolute Gasteiger partial charge is 0.254 e. The summed E-state index contributed by atoms with van der Waals surface area (Å²) in [5.74, 6) is -0.643. The average molecular weight is 495 g/mol. The molecule has 0 N–H and O–H groups in total. The predicted octanol–water partition coefficient (Wildman–Crippen LogP) is 5.35. The molecule has 2 aromatic carbocycles. The number of aryl methyl sites for hydroxylation is 2. The minimum Gasteiger partial charge on any atom is -0.376 e. The summed E-state index contributed by atoms with van der Waals surface area (Å²) in [6.45, 7) is 5.78. The molecule has 2 amide bonds. The molecule has 1 saturated heterocycles. The van der Waals surface area contributed by atoms with Gasteiger partial charge in [0.2, 0.25) is 5.91 Å². The van der Waals surface area contributed by atoms with Crippen LogP contribution >= 0.6 is 11.3 Å². The second kappa shape index (κ2) is 11.6. The third-order valence-electron chi connectivity index (χ3n) is 6.30. The van der Waals surface area contributed by atoms with E-state index in [1.165, 1.54) is 12.1 Å². The zero-order valence-electron chi connectivity index (χ0n) is 20.2. The van der Waals surface area contributed by atoms with Gasteiger partial charge in [-0.05, 0) is 73.5 Å². The molecule has 0 bridgehead atoms. The molecule has 1 aromatic heterocycles. The number of rotatable bonds is 9. The molecule has 0 spiro atoms. The Kier molecular flexibility index (Phi) is 8.31. The first-order chi connectivity index (χ1) is 16.9. The van der Waals surface area contributed by atoms with Crippen LogP contribution in [0, 0.1) is 19.7 Å². The Morgan fingerprint density at radius 3 is 2.37 bits per heavy atom. The quantitative estimate of drug-likeness (QED) is 0.403. The molecule has 1 atom stereocenters. The zero-order chi connectivity index (χ0) is 24.8. The highest BCUT2D eigenvalue weighted by Gasteiger charge is 2.27. The Labute approximate surface area is 210 Å². The fourth-order valence-electron chi connectivity index (χ4n) is 4.18. The van der Waals surface area contributed by atoms with Crippen LogP contribution in [-0.2, 0) is 22.6 Å². The van der Waals surface area contributed by atoms with Crippen LogP contribution in [0.4, 0.5) is 4.39 Å². The van der Waals surface area contributed by atoms with Gasteiger partial charge in [0.1, 0.15) is 12.4 Å². The molecule has 0 aliphatic carbocycles. The van der Waals surface area contributed by atoms with E-state index in [9.17, 15) is 14.0 Å². The van der Waals surface area contributed by atoms with Crippen LogP contribution in [0.1, 0.15) is 44.8 Å². The highest BCUT2D eigenvalue weighted by atomic mass is 32.1. The van der Waals surface area contributed by atoms with Crippen molar-refractivity contribution in [2.45, 2.75) is 45.9 Å². The maximum absolute atomic E-state index is 13.6. The molecule has 0 radical (unpaired) electrons. The third-order valence-corrected chi connectivity index (χ3v) is 7.31. The van der Waals surface area contributed by atoms with Gasteiger partial charge in [0.25, 0.3) is 5.91 Å². The summed E-state index contributed by atoms with van der Waals surface area (Å²) in [4.78, 5) is 31.5. The molecule has 1 unspecified atom stereocenters. The van der Waals surface area contributed by atoms with Crippen molar-refractivity contribution in [1.29, 1.82) is 0 Å². The Morgan fingerprint density at radius 2 is 1.74 bits per heavy atom. The van der Waals surface area contributed by atoms with Crippen molar-refractivity contribution in [3.05, 3.63) is 92.9 Å². The molecule has 1 fully saturated rings. The largest absolute Gasteiger partial charge is 0.376 e. The zero-order valence-corrected chi connectivity index (χ0v) is 21.0. The van der Waals surface area contributed by atoms with E-state index < -0.39 is 0 Å². The number of thiophene rings is 1. The monoisotopic (exact) mass is 494 g/mol. The lowest BCUT2D eigenvalue weighted by molar-refractivity contribution is -0.133. The van der Waals surface area contributed by atoms with Crippen molar-refractivity contribution in [2.75, 3.05) is 19.7 Å². The van der Waals surface area contributed by atoms with Gasteiger partial charge in [0.05, 0.1) is 12.6 Å². The van der Waals surface area contributed by atoms with Crippen LogP contribution in [-0.4, -0.2) is 47.4 Å². The molecule has 2 heterocycles. The number of halogens is 1. The average Bonchev–Trinajstić information content (AvgIpc) is 3.51. The van der Waals surface area contributed by atoms with E-state index >= 15 is 0 Å². The third kappa shape index (κ3) is 6.77. The maximum atomic E-state index is 13.6. The normalized spacial score (nSPS) is 15.2. The number of amides is 2. The number of carbonyl (C=O) groups excluding carboxylic acids is 2. The van der Waals surface area contributed by atoms with Gasteiger partial charge in [-0.3, -0.25) is 9.59 Å². The standard InChI is InChI=1S/C28H31FN2O3S/c1-20-5-9-23(10-6-20)28(33)31(17-25-4-3-14-34-25)19-27(32)30(18-26-21(2)13-15-35-26)16-22-7-11-24(29)12-8-22/h5-13,15,25H,3-4,14,16-19H2,1-2H3. The lowest BCUT2D eigenvalue weighted by Crippen LogP contribution is -2.45. The fourth-order valence-corrected chi connectivity index (χ4v) is 5.10. The van der Waals surface area contributed by atoms with Gasteiger partial charge in [-0.25, -0.2) is 4.39 Å². The maximum Gasteiger partial charge on any atom is 0.254 e. The summed E-state index contributed by atoms with van der Waals surface area (Å²) in [5.41, 5.74) is 3.59. The van der Waals surface area contributed by atoms with Gasteiger partial charge in [-0.15, -0.1) is 11.3 Å². The van der Waals surface area contributed by atoms with E-state index in [2.05, 4.69) is 0 Å². The summed E-state index contributed by atoms with van der Waals surface area (Å²) in [6.07, 6.45) is 1.77. The van der Waals surface area contributed by atoms with E-state index in [1.54, 1.807) is 45.4 Å². The van der Waals surface area contributed by atoms with Crippen molar-refractivity contribution < 1.29 is 18.7 Å². The van der Waals surface area contributed by atoms with E-state index in [1.807, 2.05) is 37.4 Å². The highest BCUT2D eigenvalue weighted by molar-refractivity contribution is 7.10. The van der Waals surface area contributed by atoms with Crippen LogP contribution in [0.15, 0.2) is 60.0 Å². The molecule has 5 nitrogen and oxygen atoms in total. The summed E-state index contributed by atoms with van der Waals surface area (Å²) < 4.78 is 19.2. The molecule has 184 valence electrons. The minimum absolute atomic E-state index is 0.0435. The van der Waals surface area contributed by atoms with E-state index in [0.717, 1.165) is 34.4 Å². The van der Waals surface area contributed by atoms with Crippen molar-refractivity contribution in [2.24, 2.45) is 0 Å². The van der Waals surface area contributed by atoms with Gasteiger partial charge >= 0.3 is 0 Å². The molecule has 1 aliphatic rings. The number of carbonyl (C=O) groups is 2. The van der Waals surface area contributed by atoms with E-state index in [0.29, 0.717) is 31.8 Å². The SMILES string of the molecule is Cc1ccc(C(=O)N(CC(=O)N(Cc2ccc(F)cc2)Cc2sccc2C)CC2CCCO2)cc1. The number of benzene rings is 2. The van der Waals surface area contributed by atoms with Gasteiger partial charge < -0.3 is 14.5 Å². The van der Waals surface area contributed by atoms with Crippen molar-refractivity contribution in [3.8, 4) is 0 Å². The molecular weight excluding hydrogens is 463 g/mol. The van der Waals surface area contributed by atoms with Gasteiger partial charge in [-0.2, -0.15) is 0 Å². The first kappa shape index (κ1) is 25.1. The summed E-state index contributed by atoms with van der Waals surface area (Å²) in [7, 11) is 0. The van der Waals surface area contributed by atoms with Gasteiger partial charge in [0.15, 0.2) is 0 Å². The number of hydrogen-bond acceptors (Lipinski definition) is 4. The van der Waals surface area contributed by atoms with Crippen LogP contribution < -0.4 is 0 Å². The predicted molar refractivity (Wildman–Crippen MR) is 136 cm³/mol. The molecule has 1 aliphatic heterocycles. The lowest BCUT2D eigenvalue weighted by atomic mass is 10.1. The van der Waals surface area contributed by atoms with Crippen LogP contribution in [0.2, 0.25) is 0 Å². The highest BCUT2D eigenvalue weighted by Crippen LogP contribution is 2.21. The minimum atomic E-state index is -0.313. The topological polar surface area (TPSA) is 49.9 Å². The van der Waals surface area contributed by atoms with Crippen molar-refractivity contribution in [1.82, 2.24) is 9.80 Å². The van der Waals surface area contributed by atoms with Gasteiger partial charge in [0, 0.05) is 30.1 Å². The molecular formula is C28H31FN2O3S. The van der Waals surface area contributed by atoms with Crippen LogP contribution in [0.25, 0.3) is 0 Å². The second-order valence-corrected chi connectivity index (χ2v) is 10.1. The molecule has 7 heteroatoms. The first-order valence-corrected chi connectivity index (χ1v) is 12.8. The Bertz CT molecular complexity index is 1140. The number of nitrogens with zero attached hydrogens (tertiary/aromatic N) is 2. The van der Waals surface area contributed by atoms with Crippen LogP contribution in [0.3, 0.4) is 0 Å². The first-order valence-electron chi connectivity index (χ1n) is 11.9. The fraction of sp³-hybridized carbons (Fsp3) is 0.357. The van der Waals surface area contributed by atoms with Gasteiger partial charge in [-0.1, -0.05) is 29.8 Å². The summed E-state index contributed by atoms with van der Waals surface area (Å²) in [5, 5.41) is 2.01. The molecule has 35 heavy (non-hydrogen) atoms. The summed E-state index contributed by atoms with van der Waals surface area (Å²) >= 11 is 1.60. The van der Waals surface area contributed by atoms with E-state index in [-0.39, 0.29) is 30.3 Å². The number of hydrogen-bond donors (Lipinski definition) is 0. The molecule has 0 saturated carbocycles. The van der Waals surface area contributed by atoms with Crippen molar-refractivity contribution >= 4 is 23.2 Å². The lowest BCUT2D eigenvalue weighted by Gasteiger charge is -2.29. The van der Waals surface area contributed by atoms with Crippen molar-refractivity contribution in [3.63, 3.8) is 0 Å². The van der Waals surface area contributed by atoms with Crippen LogP contribution in [0.5, 0.6) is 0 Å². The Morgan fingerprint density at radius 1 is 1.00 bits per heavy atom.